The summed E-state index contributed by atoms with van der Waals surface area (Å²) in [5.41, 5.74) is 2.70. The second-order valence-corrected chi connectivity index (χ2v) is 7.01. The molecular formula is C18H24O. The van der Waals surface area contributed by atoms with Crippen molar-refractivity contribution in [3.63, 3.8) is 0 Å². The van der Waals surface area contributed by atoms with Crippen LogP contribution in [0.2, 0.25) is 0 Å². The van der Waals surface area contributed by atoms with Crippen molar-refractivity contribution in [3.8, 4) is 0 Å². The van der Waals surface area contributed by atoms with E-state index in [0.717, 1.165) is 36.5 Å². The van der Waals surface area contributed by atoms with E-state index in [1.165, 1.54) is 30.4 Å². The summed E-state index contributed by atoms with van der Waals surface area (Å²) in [5, 5.41) is 10.5. The first-order valence-electron chi connectivity index (χ1n) is 8.04. The molecule has 0 saturated heterocycles. The molecule has 1 nitrogen and oxygen atoms in total. The van der Waals surface area contributed by atoms with Crippen LogP contribution in [0.25, 0.3) is 0 Å². The van der Waals surface area contributed by atoms with Crippen LogP contribution >= 0.6 is 0 Å². The summed E-state index contributed by atoms with van der Waals surface area (Å²) >= 11 is 0. The van der Waals surface area contributed by atoms with Crippen LogP contribution in [0.5, 0.6) is 0 Å². The highest BCUT2D eigenvalue weighted by Crippen LogP contribution is 2.70. The highest BCUT2D eigenvalue weighted by Gasteiger charge is 2.66. The summed E-state index contributed by atoms with van der Waals surface area (Å²) in [4.78, 5) is 0. The number of hydrogen-bond donors (Lipinski definition) is 1. The molecule has 0 spiro atoms. The predicted octanol–water partition coefficient (Wildman–Crippen LogP) is 3.44. The second kappa shape index (κ2) is 4.34. The van der Waals surface area contributed by atoms with E-state index >= 15 is 0 Å². The number of hydrogen-bond acceptors (Lipinski definition) is 1. The lowest BCUT2D eigenvalue weighted by molar-refractivity contribution is 0.128. The minimum absolute atomic E-state index is 0.0918. The van der Waals surface area contributed by atoms with Crippen molar-refractivity contribution in [2.45, 2.75) is 45.1 Å². The maximum atomic E-state index is 10.5. The zero-order valence-electron chi connectivity index (χ0n) is 11.8. The minimum Gasteiger partial charge on any atom is -0.392 e. The molecule has 1 aromatic carbocycles. The van der Waals surface area contributed by atoms with Gasteiger partial charge in [-0.2, -0.15) is 0 Å². The zero-order valence-corrected chi connectivity index (χ0v) is 11.8. The molecule has 1 heteroatoms. The molecule has 5 atom stereocenters. The summed E-state index contributed by atoms with van der Waals surface area (Å²) in [6, 6.07) is 8.82. The third kappa shape index (κ3) is 1.86. The Labute approximate surface area is 116 Å². The van der Waals surface area contributed by atoms with Gasteiger partial charge < -0.3 is 5.11 Å². The van der Waals surface area contributed by atoms with Gasteiger partial charge in [-0.25, -0.2) is 0 Å². The molecule has 1 aromatic rings. The third-order valence-corrected chi connectivity index (χ3v) is 6.12. The molecular weight excluding hydrogens is 232 g/mol. The Bertz CT molecular complexity index is 447. The molecule has 3 aliphatic carbocycles. The fourth-order valence-electron chi connectivity index (χ4n) is 5.20. The molecule has 102 valence electrons. The van der Waals surface area contributed by atoms with Gasteiger partial charge in [0.15, 0.2) is 0 Å². The molecule has 3 saturated carbocycles. The molecule has 1 N–H and O–H groups in total. The quantitative estimate of drug-likeness (QED) is 0.875. The zero-order chi connectivity index (χ0) is 13.0. The van der Waals surface area contributed by atoms with Gasteiger partial charge in [0.2, 0.25) is 0 Å². The minimum atomic E-state index is -0.0918. The Balaban J connectivity index is 1.41. The summed E-state index contributed by atoms with van der Waals surface area (Å²) in [6.45, 7) is 2.19. The van der Waals surface area contributed by atoms with Crippen LogP contribution < -0.4 is 0 Å². The molecule has 3 aliphatic rings. The number of rotatable bonds is 4. The largest absolute Gasteiger partial charge is 0.392 e. The molecule has 0 aliphatic heterocycles. The van der Waals surface area contributed by atoms with Crippen molar-refractivity contribution >= 4 is 0 Å². The molecule has 19 heavy (non-hydrogen) atoms. The number of aryl methyl sites for hydroxylation is 1. The first-order valence-corrected chi connectivity index (χ1v) is 8.04. The second-order valence-electron chi connectivity index (χ2n) is 7.01. The van der Waals surface area contributed by atoms with E-state index in [-0.39, 0.29) is 6.10 Å². The fraction of sp³-hybridized carbons (Fsp3) is 0.667. The summed E-state index contributed by atoms with van der Waals surface area (Å²) in [7, 11) is 0. The molecule has 4 rings (SSSR count). The maximum Gasteiger partial charge on any atom is 0.0614 e. The lowest BCUT2D eigenvalue weighted by atomic mass is 9.95. The Morgan fingerprint density at radius 2 is 1.63 bits per heavy atom. The Hall–Kier alpha value is -0.820. The molecule has 0 aromatic heterocycles. The highest BCUT2D eigenvalue weighted by atomic mass is 16.3. The Kier molecular flexibility index (Phi) is 2.73. The highest BCUT2D eigenvalue weighted by molar-refractivity contribution is 5.24. The van der Waals surface area contributed by atoms with Crippen molar-refractivity contribution in [3.05, 3.63) is 35.4 Å². The van der Waals surface area contributed by atoms with E-state index in [9.17, 15) is 5.11 Å². The van der Waals surface area contributed by atoms with Crippen LogP contribution in [-0.4, -0.2) is 11.2 Å². The van der Waals surface area contributed by atoms with Crippen LogP contribution in [0.15, 0.2) is 24.3 Å². The number of benzene rings is 1. The third-order valence-electron chi connectivity index (χ3n) is 6.12. The lowest BCUT2D eigenvalue weighted by Gasteiger charge is -2.15. The fourth-order valence-corrected chi connectivity index (χ4v) is 5.20. The molecule has 0 heterocycles. The predicted molar refractivity (Wildman–Crippen MR) is 76.8 cm³/mol. The van der Waals surface area contributed by atoms with E-state index in [1.54, 1.807) is 0 Å². The van der Waals surface area contributed by atoms with E-state index in [1.807, 2.05) is 0 Å². The van der Waals surface area contributed by atoms with Crippen LogP contribution in [-0.2, 0) is 12.8 Å². The van der Waals surface area contributed by atoms with Gasteiger partial charge in [0.1, 0.15) is 0 Å². The summed E-state index contributed by atoms with van der Waals surface area (Å²) < 4.78 is 0. The smallest absolute Gasteiger partial charge is 0.0614 e. The van der Waals surface area contributed by atoms with Crippen molar-refractivity contribution < 1.29 is 5.11 Å². The van der Waals surface area contributed by atoms with Crippen molar-refractivity contribution in [1.82, 2.24) is 0 Å². The normalized spacial score (nSPS) is 40.2. The van der Waals surface area contributed by atoms with Crippen LogP contribution in [0.1, 0.15) is 37.3 Å². The maximum absolute atomic E-state index is 10.5. The first-order chi connectivity index (χ1) is 9.28. The summed E-state index contributed by atoms with van der Waals surface area (Å²) in [6.07, 6.45) is 6.23. The monoisotopic (exact) mass is 256 g/mol. The van der Waals surface area contributed by atoms with Crippen LogP contribution in [0.3, 0.4) is 0 Å². The topological polar surface area (TPSA) is 20.2 Å². The molecule has 0 amide bonds. The van der Waals surface area contributed by atoms with E-state index < -0.39 is 0 Å². The van der Waals surface area contributed by atoms with Gasteiger partial charge in [-0.1, -0.05) is 31.2 Å². The van der Waals surface area contributed by atoms with Gasteiger partial charge in [0.05, 0.1) is 6.10 Å². The van der Waals surface area contributed by atoms with Crippen LogP contribution in [0, 0.1) is 29.6 Å². The Morgan fingerprint density at radius 3 is 2.21 bits per heavy atom. The molecule has 2 bridgehead atoms. The first kappa shape index (κ1) is 12.0. The average molecular weight is 256 g/mol. The van der Waals surface area contributed by atoms with E-state index in [4.69, 9.17) is 0 Å². The van der Waals surface area contributed by atoms with E-state index in [2.05, 4.69) is 31.2 Å². The van der Waals surface area contributed by atoms with Crippen molar-refractivity contribution in [2.24, 2.45) is 29.6 Å². The van der Waals surface area contributed by atoms with Gasteiger partial charge in [0.25, 0.3) is 0 Å². The Morgan fingerprint density at radius 1 is 1.05 bits per heavy atom. The van der Waals surface area contributed by atoms with Gasteiger partial charge in [-0.3, -0.25) is 0 Å². The van der Waals surface area contributed by atoms with Crippen LogP contribution in [0.4, 0.5) is 0 Å². The number of aliphatic hydroxyl groups excluding tert-OH is 1. The van der Waals surface area contributed by atoms with E-state index in [0.29, 0.717) is 5.92 Å². The number of fused-ring (bicyclic) bond motifs is 5. The van der Waals surface area contributed by atoms with Crippen molar-refractivity contribution in [1.29, 1.82) is 0 Å². The molecule has 3 fully saturated rings. The average Bonchev–Trinajstić information content (AvgIpc) is 2.89. The van der Waals surface area contributed by atoms with Gasteiger partial charge >= 0.3 is 0 Å². The lowest BCUT2D eigenvalue weighted by Crippen LogP contribution is -2.18. The SMILES string of the molecule is CCc1ccc(CC(O)C2C3C4CCC(C4)C23)cc1. The molecule has 5 unspecified atom stereocenters. The standard InChI is InChI=1S/C18H24O/c1-2-11-3-5-12(6-4-11)9-15(19)18-16-13-7-8-14(10-13)17(16)18/h3-6,13-19H,2,7-10H2,1H3. The molecule has 0 radical (unpaired) electrons. The van der Waals surface area contributed by atoms with Gasteiger partial charge in [-0.05, 0) is 72.8 Å². The number of aliphatic hydroxyl groups is 1. The van der Waals surface area contributed by atoms with Crippen molar-refractivity contribution in [2.75, 3.05) is 0 Å². The van der Waals surface area contributed by atoms with Gasteiger partial charge in [0, 0.05) is 0 Å². The summed E-state index contributed by atoms with van der Waals surface area (Å²) in [5.74, 6) is 4.36. The van der Waals surface area contributed by atoms with Gasteiger partial charge in [-0.15, -0.1) is 0 Å².